The van der Waals surface area contributed by atoms with E-state index in [1.165, 1.54) is 17.3 Å². The van der Waals surface area contributed by atoms with Crippen LogP contribution in [0.15, 0.2) is 95.3 Å². The maximum atomic E-state index is 13.2. The van der Waals surface area contributed by atoms with Crippen molar-refractivity contribution >= 4 is 35.3 Å². The Kier molecular flexibility index (Phi) is 9.08. The molecule has 1 aliphatic heterocycles. The Bertz CT molecular complexity index is 1490. The van der Waals surface area contributed by atoms with E-state index in [0.29, 0.717) is 46.4 Å². The van der Waals surface area contributed by atoms with Crippen molar-refractivity contribution in [3.63, 3.8) is 0 Å². The van der Waals surface area contributed by atoms with E-state index < -0.39 is 6.04 Å². The number of rotatable bonds is 11. The van der Waals surface area contributed by atoms with Gasteiger partial charge in [0.1, 0.15) is 11.8 Å². The Morgan fingerprint density at radius 3 is 2.52 bits per heavy atom. The molecular weight excluding hydrogens is 544 g/mol. The second-order valence-electron chi connectivity index (χ2n) is 9.40. The molecule has 0 amide bonds. The number of allylic oxidation sites excluding steroid dienone is 1. The van der Waals surface area contributed by atoms with Gasteiger partial charge in [-0.05, 0) is 48.2 Å². The number of hydrogen-bond donors (Lipinski definition) is 1. The molecule has 0 radical (unpaired) electrons. The predicted octanol–water partition coefficient (Wildman–Crippen LogP) is 7.09. The lowest BCUT2D eigenvalue weighted by Gasteiger charge is -2.28. The van der Waals surface area contributed by atoms with Gasteiger partial charge < -0.3 is 14.8 Å². The summed E-state index contributed by atoms with van der Waals surface area (Å²) in [6, 6.07) is 25.3. The highest BCUT2D eigenvalue weighted by Crippen LogP contribution is 2.38. The third-order valence-electron chi connectivity index (χ3n) is 6.50. The van der Waals surface area contributed by atoms with Crippen molar-refractivity contribution in [3.8, 4) is 5.75 Å². The third-order valence-corrected chi connectivity index (χ3v) is 7.76. The Labute approximate surface area is 243 Å². The number of carbonyl (C=O) groups is 1. The van der Waals surface area contributed by atoms with Crippen molar-refractivity contribution in [2.45, 2.75) is 43.6 Å². The SMILES string of the molecule is CCCOC(=O)C1=C(C)Nc2nc(SCc3ccccc3Cl)nn2C1c1ccc(OCCc2ccccc2)cc1. The molecule has 5 rings (SSSR count). The van der Waals surface area contributed by atoms with Gasteiger partial charge in [-0.25, -0.2) is 9.48 Å². The number of carbonyl (C=O) groups excluding carboxylic acids is 1. The first-order chi connectivity index (χ1) is 19.5. The number of benzene rings is 3. The summed E-state index contributed by atoms with van der Waals surface area (Å²) in [5.41, 5.74) is 4.32. The molecule has 4 aromatic rings. The Morgan fingerprint density at radius 1 is 1.02 bits per heavy atom. The minimum Gasteiger partial charge on any atom is -0.493 e. The van der Waals surface area contributed by atoms with E-state index in [1.807, 2.05) is 80.6 Å². The largest absolute Gasteiger partial charge is 0.493 e. The number of thioether (sulfide) groups is 1. The molecule has 1 atom stereocenters. The van der Waals surface area contributed by atoms with Gasteiger partial charge >= 0.3 is 5.97 Å². The van der Waals surface area contributed by atoms with E-state index >= 15 is 0 Å². The zero-order valence-electron chi connectivity index (χ0n) is 22.5. The van der Waals surface area contributed by atoms with Crippen molar-refractivity contribution in [2.75, 3.05) is 18.5 Å². The average Bonchev–Trinajstić information content (AvgIpc) is 3.38. The lowest BCUT2D eigenvalue weighted by molar-refractivity contribution is -0.139. The summed E-state index contributed by atoms with van der Waals surface area (Å²) < 4.78 is 13.3. The monoisotopic (exact) mass is 574 g/mol. The summed E-state index contributed by atoms with van der Waals surface area (Å²) in [7, 11) is 0. The molecule has 206 valence electrons. The van der Waals surface area contributed by atoms with Gasteiger partial charge in [-0.1, -0.05) is 91.0 Å². The molecule has 40 heavy (non-hydrogen) atoms. The van der Waals surface area contributed by atoms with Gasteiger partial charge in [0.25, 0.3) is 0 Å². The van der Waals surface area contributed by atoms with Crippen LogP contribution in [0.4, 0.5) is 5.95 Å². The molecule has 2 heterocycles. The molecule has 1 aromatic heterocycles. The Hall–Kier alpha value is -3.75. The van der Waals surface area contributed by atoms with Crippen LogP contribution in [-0.2, 0) is 21.7 Å². The summed E-state index contributed by atoms with van der Waals surface area (Å²) in [5.74, 6) is 1.59. The standard InChI is InChI=1S/C31H31ClN4O3S/c1-3-18-39-29(37)27-21(2)33-30-34-31(40-20-24-11-7-8-12-26(24)32)35-36(30)28(27)23-13-15-25(16-14-23)38-19-17-22-9-5-4-6-10-22/h4-16,28H,3,17-20H2,1-2H3,(H,33,34,35). The van der Waals surface area contributed by atoms with Gasteiger partial charge in [-0.3, -0.25) is 0 Å². The molecule has 0 fully saturated rings. The van der Waals surface area contributed by atoms with Crippen LogP contribution >= 0.6 is 23.4 Å². The zero-order valence-corrected chi connectivity index (χ0v) is 24.0. The number of fused-ring (bicyclic) bond motifs is 1. The second kappa shape index (κ2) is 13.1. The molecule has 1 aliphatic rings. The fourth-order valence-electron chi connectivity index (χ4n) is 4.47. The van der Waals surface area contributed by atoms with E-state index in [4.69, 9.17) is 31.2 Å². The molecule has 0 aliphatic carbocycles. The number of aromatic nitrogens is 3. The highest BCUT2D eigenvalue weighted by Gasteiger charge is 2.35. The number of hydrogen-bond acceptors (Lipinski definition) is 7. The van der Waals surface area contributed by atoms with Gasteiger partial charge in [-0.2, -0.15) is 4.98 Å². The molecule has 1 N–H and O–H groups in total. The van der Waals surface area contributed by atoms with Crippen LogP contribution in [0.1, 0.15) is 43.0 Å². The highest BCUT2D eigenvalue weighted by molar-refractivity contribution is 7.98. The van der Waals surface area contributed by atoms with Crippen LogP contribution in [-0.4, -0.2) is 33.9 Å². The Balaban J connectivity index is 1.38. The van der Waals surface area contributed by atoms with Crippen LogP contribution in [0.25, 0.3) is 0 Å². The molecular formula is C31H31ClN4O3S. The van der Waals surface area contributed by atoms with Gasteiger partial charge in [-0.15, -0.1) is 5.10 Å². The summed E-state index contributed by atoms with van der Waals surface area (Å²) in [6.45, 7) is 4.76. The minimum absolute atomic E-state index is 0.347. The fraction of sp³-hybridized carbons (Fsp3) is 0.258. The van der Waals surface area contributed by atoms with Crippen molar-refractivity contribution in [3.05, 3.63) is 112 Å². The second-order valence-corrected chi connectivity index (χ2v) is 10.7. The minimum atomic E-state index is -0.499. The van der Waals surface area contributed by atoms with Gasteiger partial charge in [0, 0.05) is 22.9 Å². The summed E-state index contributed by atoms with van der Waals surface area (Å²) in [4.78, 5) is 17.9. The number of nitrogens with zero attached hydrogens (tertiary/aromatic N) is 3. The molecule has 3 aromatic carbocycles. The number of esters is 1. The summed E-state index contributed by atoms with van der Waals surface area (Å²) >= 11 is 7.84. The third kappa shape index (κ3) is 6.51. The van der Waals surface area contributed by atoms with Crippen molar-refractivity contribution in [1.82, 2.24) is 14.8 Å². The lowest BCUT2D eigenvalue weighted by Crippen LogP contribution is -2.29. The first-order valence-corrected chi connectivity index (χ1v) is 14.6. The number of anilines is 1. The van der Waals surface area contributed by atoms with Gasteiger partial charge in [0.05, 0.1) is 18.8 Å². The van der Waals surface area contributed by atoms with Crippen molar-refractivity contribution in [1.29, 1.82) is 0 Å². The quantitative estimate of drug-likeness (QED) is 0.151. The molecule has 9 heteroatoms. The van der Waals surface area contributed by atoms with E-state index in [9.17, 15) is 4.79 Å². The number of halogens is 1. The highest BCUT2D eigenvalue weighted by atomic mass is 35.5. The number of nitrogens with one attached hydrogen (secondary N) is 1. The first-order valence-electron chi connectivity index (χ1n) is 13.3. The molecule has 7 nitrogen and oxygen atoms in total. The first kappa shape index (κ1) is 27.8. The Morgan fingerprint density at radius 2 is 1.77 bits per heavy atom. The predicted molar refractivity (Wildman–Crippen MR) is 159 cm³/mol. The average molecular weight is 575 g/mol. The molecule has 0 bridgehead atoms. The van der Waals surface area contributed by atoms with Crippen LogP contribution < -0.4 is 10.1 Å². The summed E-state index contributed by atoms with van der Waals surface area (Å²) in [5, 5.41) is 9.35. The van der Waals surface area contributed by atoms with E-state index in [0.717, 1.165) is 29.7 Å². The van der Waals surface area contributed by atoms with E-state index in [2.05, 4.69) is 17.4 Å². The van der Waals surface area contributed by atoms with E-state index in [1.54, 1.807) is 4.68 Å². The molecule has 1 unspecified atom stereocenters. The molecule has 0 saturated heterocycles. The van der Waals surface area contributed by atoms with Crippen LogP contribution in [0.3, 0.4) is 0 Å². The van der Waals surface area contributed by atoms with Crippen LogP contribution in [0.5, 0.6) is 5.75 Å². The van der Waals surface area contributed by atoms with Crippen molar-refractivity contribution in [2.24, 2.45) is 0 Å². The maximum absolute atomic E-state index is 13.2. The van der Waals surface area contributed by atoms with Crippen LogP contribution in [0.2, 0.25) is 5.02 Å². The van der Waals surface area contributed by atoms with Crippen molar-refractivity contribution < 1.29 is 14.3 Å². The zero-order chi connectivity index (χ0) is 27.9. The summed E-state index contributed by atoms with van der Waals surface area (Å²) in [6.07, 6.45) is 1.56. The maximum Gasteiger partial charge on any atom is 0.338 e. The normalized spacial score (nSPS) is 14.4. The van der Waals surface area contributed by atoms with E-state index in [-0.39, 0.29) is 5.97 Å². The smallest absolute Gasteiger partial charge is 0.338 e. The lowest BCUT2D eigenvalue weighted by atomic mass is 9.96. The molecule has 0 spiro atoms. The van der Waals surface area contributed by atoms with Gasteiger partial charge in [0.15, 0.2) is 0 Å². The topological polar surface area (TPSA) is 78.3 Å². The van der Waals surface area contributed by atoms with Crippen LogP contribution in [0, 0.1) is 0 Å². The fourth-order valence-corrected chi connectivity index (χ4v) is 5.59. The number of ether oxygens (including phenoxy) is 2. The van der Waals surface area contributed by atoms with Gasteiger partial charge in [0.2, 0.25) is 11.1 Å². The molecule has 0 saturated carbocycles.